The summed E-state index contributed by atoms with van der Waals surface area (Å²) in [4.78, 5) is 0. The minimum absolute atomic E-state index is 0.215. The summed E-state index contributed by atoms with van der Waals surface area (Å²) < 4.78 is 5.47. The molecule has 0 radical (unpaired) electrons. The van der Waals surface area contributed by atoms with E-state index in [4.69, 9.17) is 22.1 Å². The molecule has 2 nitrogen and oxygen atoms in total. The van der Waals surface area contributed by atoms with Crippen molar-refractivity contribution in [3.05, 3.63) is 63.7 Å². The highest BCUT2D eigenvalue weighted by atomic mass is 35.5. The third-order valence-corrected chi connectivity index (χ3v) is 3.51. The maximum atomic E-state index is 6.37. The van der Waals surface area contributed by atoms with E-state index < -0.39 is 0 Å². The Balaban J connectivity index is 2.49. The number of rotatable bonds is 3. The fraction of sp³-hybridized carbons (Fsp3) is 0.250. The molecule has 100 valence electrons. The number of nitrogens with two attached hydrogens (primary N) is 1. The van der Waals surface area contributed by atoms with Gasteiger partial charge in [-0.1, -0.05) is 29.8 Å². The summed E-state index contributed by atoms with van der Waals surface area (Å²) in [7, 11) is 1.67. The minimum atomic E-state index is -0.215. The van der Waals surface area contributed by atoms with Gasteiger partial charge in [-0.15, -0.1) is 0 Å². The van der Waals surface area contributed by atoms with Gasteiger partial charge in [-0.05, 0) is 48.7 Å². The Kier molecular flexibility index (Phi) is 4.13. The fourth-order valence-corrected chi connectivity index (χ4v) is 2.47. The van der Waals surface area contributed by atoms with Gasteiger partial charge in [0, 0.05) is 10.6 Å². The van der Waals surface area contributed by atoms with E-state index in [0.717, 1.165) is 22.4 Å². The Bertz CT molecular complexity index is 578. The summed E-state index contributed by atoms with van der Waals surface area (Å²) in [6, 6.07) is 11.5. The summed E-state index contributed by atoms with van der Waals surface area (Å²) in [5, 5.41) is 0.712. The molecule has 0 heterocycles. The number of methoxy groups -OCH3 is 1. The summed E-state index contributed by atoms with van der Waals surface area (Å²) in [5.74, 6) is 0.833. The molecule has 2 aromatic rings. The van der Waals surface area contributed by atoms with Crippen molar-refractivity contribution >= 4 is 11.6 Å². The van der Waals surface area contributed by atoms with E-state index in [1.54, 1.807) is 7.11 Å². The third kappa shape index (κ3) is 2.91. The van der Waals surface area contributed by atoms with Crippen molar-refractivity contribution in [3.63, 3.8) is 0 Å². The molecule has 0 aliphatic carbocycles. The van der Waals surface area contributed by atoms with Crippen LogP contribution in [-0.4, -0.2) is 7.11 Å². The Morgan fingerprint density at radius 2 is 1.74 bits per heavy atom. The number of benzene rings is 2. The van der Waals surface area contributed by atoms with Crippen LogP contribution in [0.15, 0.2) is 36.4 Å². The van der Waals surface area contributed by atoms with E-state index in [2.05, 4.69) is 13.0 Å². The molecule has 0 aliphatic rings. The number of halogens is 1. The van der Waals surface area contributed by atoms with E-state index in [1.807, 2.05) is 37.3 Å². The second kappa shape index (κ2) is 5.64. The number of hydrogen-bond donors (Lipinski definition) is 1. The standard InChI is InChI=1S/C16H18ClNO/c1-10-8-11(2)15(14(9-10)19-3)16(18)12-4-6-13(17)7-5-12/h4-9,16H,18H2,1-3H3. The molecule has 2 N–H and O–H groups in total. The van der Waals surface area contributed by atoms with E-state index in [-0.39, 0.29) is 6.04 Å². The van der Waals surface area contributed by atoms with Crippen molar-refractivity contribution in [2.75, 3.05) is 7.11 Å². The zero-order valence-corrected chi connectivity index (χ0v) is 12.2. The molecule has 2 aromatic carbocycles. The second-order valence-electron chi connectivity index (χ2n) is 4.73. The van der Waals surface area contributed by atoms with Crippen LogP contribution in [-0.2, 0) is 0 Å². The molecule has 0 aromatic heterocycles. The maximum absolute atomic E-state index is 6.37. The van der Waals surface area contributed by atoms with Crippen molar-refractivity contribution in [1.29, 1.82) is 0 Å². The van der Waals surface area contributed by atoms with Gasteiger partial charge in [0.1, 0.15) is 5.75 Å². The van der Waals surface area contributed by atoms with Crippen LogP contribution in [0.5, 0.6) is 5.75 Å². The summed E-state index contributed by atoms with van der Waals surface area (Å²) in [5.41, 5.74) is 10.7. The maximum Gasteiger partial charge on any atom is 0.124 e. The highest BCUT2D eigenvalue weighted by Crippen LogP contribution is 2.32. The first-order chi connectivity index (χ1) is 9.02. The van der Waals surface area contributed by atoms with E-state index in [1.165, 1.54) is 5.56 Å². The SMILES string of the molecule is COc1cc(C)cc(C)c1C(N)c1ccc(Cl)cc1. The van der Waals surface area contributed by atoms with E-state index in [9.17, 15) is 0 Å². The van der Waals surface area contributed by atoms with Gasteiger partial charge in [0.05, 0.1) is 13.2 Å². The average molecular weight is 276 g/mol. The Morgan fingerprint density at radius 3 is 2.32 bits per heavy atom. The lowest BCUT2D eigenvalue weighted by molar-refractivity contribution is 0.407. The van der Waals surface area contributed by atoms with Crippen LogP contribution in [0.2, 0.25) is 5.02 Å². The van der Waals surface area contributed by atoms with E-state index >= 15 is 0 Å². The fourth-order valence-electron chi connectivity index (χ4n) is 2.34. The molecule has 1 unspecified atom stereocenters. The third-order valence-electron chi connectivity index (χ3n) is 3.25. The minimum Gasteiger partial charge on any atom is -0.496 e. The van der Waals surface area contributed by atoms with Gasteiger partial charge in [-0.2, -0.15) is 0 Å². The van der Waals surface area contributed by atoms with Gasteiger partial charge in [0.25, 0.3) is 0 Å². The summed E-state index contributed by atoms with van der Waals surface area (Å²) in [6.07, 6.45) is 0. The molecule has 19 heavy (non-hydrogen) atoms. The topological polar surface area (TPSA) is 35.2 Å². The van der Waals surface area contributed by atoms with Crippen LogP contribution in [0.4, 0.5) is 0 Å². The Morgan fingerprint density at radius 1 is 1.11 bits per heavy atom. The average Bonchev–Trinajstić information content (AvgIpc) is 2.38. The van der Waals surface area contributed by atoms with Gasteiger partial charge < -0.3 is 10.5 Å². The predicted octanol–water partition coefficient (Wildman–Crippen LogP) is 4.01. The normalized spacial score (nSPS) is 12.3. The van der Waals surface area contributed by atoms with Gasteiger partial charge in [0.2, 0.25) is 0 Å². The quantitative estimate of drug-likeness (QED) is 0.918. The van der Waals surface area contributed by atoms with Gasteiger partial charge >= 0.3 is 0 Å². The van der Waals surface area contributed by atoms with Crippen LogP contribution < -0.4 is 10.5 Å². The van der Waals surface area contributed by atoms with Gasteiger partial charge in [-0.3, -0.25) is 0 Å². The molecule has 0 fully saturated rings. The molecule has 0 spiro atoms. The second-order valence-corrected chi connectivity index (χ2v) is 5.16. The molecule has 0 saturated carbocycles. The first kappa shape index (κ1) is 13.9. The van der Waals surface area contributed by atoms with Crippen molar-refractivity contribution in [2.24, 2.45) is 5.73 Å². The van der Waals surface area contributed by atoms with Crippen LogP contribution in [0.25, 0.3) is 0 Å². The largest absolute Gasteiger partial charge is 0.496 e. The summed E-state index contributed by atoms with van der Waals surface area (Å²) >= 11 is 5.91. The molecule has 3 heteroatoms. The molecule has 2 rings (SSSR count). The van der Waals surface area contributed by atoms with Crippen molar-refractivity contribution < 1.29 is 4.74 Å². The highest BCUT2D eigenvalue weighted by Gasteiger charge is 2.17. The zero-order chi connectivity index (χ0) is 14.0. The molecular weight excluding hydrogens is 258 g/mol. The van der Waals surface area contributed by atoms with E-state index in [0.29, 0.717) is 5.02 Å². The van der Waals surface area contributed by atoms with Gasteiger partial charge in [-0.25, -0.2) is 0 Å². The molecule has 0 amide bonds. The van der Waals surface area contributed by atoms with Crippen LogP contribution in [0.3, 0.4) is 0 Å². The van der Waals surface area contributed by atoms with Crippen LogP contribution in [0.1, 0.15) is 28.3 Å². The Hall–Kier alpha value is -1.51. The van der Waals surface area contributed by atoms with Crippen molar-refractivity contribution in [3.8, 4) is 5.75 Å². The van der Waals surface area contributed by atoms with Crippen LogP contribution in [0, 0.1) is 13.8 Å². The molecule has 0 aliphatic heterocycles. The molecule has 0 bridgehead atoms. The van der Waals surface area contributed by atoms with Gasteiger partial charge in [0.15, 0.2) is 0 Å². The zero-order valence-electron chi connectivity index (χ0n) is 11.4. The van der Waals surface area contributed by atoms with Crippen LogP contribution >= 0.6 is 11.6 Å². The van der Waals surface area contributed by atoms with Crippen molar-refractivity contribution in [1.82, 2.24) is 0 Å². The van der Waals surface area contributed by atoms with Crippen molar-refractivity contribution in [2.45, 2.75) is 19.9 Å². The molecule has 0 saturated heterocycles. The Labute approximate surface area is 119 Å². The lowest BCUT2D eigenvalue weighted by atomic mass is 9.93. The summed E-state index contributed by atoms with van der Waals surface area (Å²) in [6.45, 7) is 4.10. The molecular formula is C16H18ClNO. The number of hydrogen-bond acceptors (Lipinski definition) is 2. The predicted molar refractivity (Wildman–Crippen MR) is 80.0 cm³/mol. The highest BCUT2D eigenvalue weighted by molar-refractivity contribution is 6.30. The number of ether oxygens (including phenoxy) is 1. The first-order valence-corrected chi connectivity index (χ1v) is 6.57. The smallest absolute Gasteiger partial charge is 0.124 e. The monoisotopic (exact) mass is 275 g/mol. The lowest BCUT2D eigenvalue weighted by Gasteiger charge is -2.19. The molecule has 1 atom stereocenters. The first-order valence-electron chi connectivity index (χ1n) is 6.19. The lowest BCUT2D eigenvalue weighted by Crippen LogP contribution is -2.14. The number of aryl methyl sites for hydroxylation is 2.